The first-order chi connectivity index (χ1) is 29.4. The van der Waals surface area contributed by atoms with Gasteiger partial charge >= 0.3 is 6.18 Å². The molecule has 3 aliphatic heterocycles. The van der Waals surface area contributed by atoms with Crippen LogP contribution in [0.5, 0.6) is 0 Å². The summed E-state index contributed by atoms with van der Waals surface area (Å²) in [5.41, 5.74) is 0.0191. The van der Waals surface area contributed by atoms with Gasteiger partial charge in [-0.1, -0.05) is 12.1 Å². The minimum absolute atomic E-state index is 0.0760. The molecule has 4 N–H and O–H groups in total. The molecule has 5 heterocycles. The molecule has 2 aliphatic carbocycles. The lowest BCUT2D eigenvalue weighted by atomic mass is 9.57. The Labute approximate surface area is 359 Å². The van der Waals surface area contributed by atoms with Crippen molar-refractivity contribution in [3.8, 4) is 0 Å². The second-order valence-corrected chi connectivity index (χ2v) is 19.5. The highest BCUT2D eigenvalue weighted by Gasteiger charge is 2.52. The Kier molecular flexibility index (Phi) is 10.7. The van der Waals surface area contributed by atoms with Crippen LogP contribution in [0, 0.1) is 17.3 Å². The van der Waals surface area contributed by atoms with Gasteiger partial charge in [-0.3, -0.25) is 34.2 Å². The molecule has 2 saturated heterocycles. The molecule has 0 bridgehead atoms. The molecule has 9 rings (SSSR count). The third-order valence-electron chi connectivity index (χ3n) is 13.3. The Morgan fingerprint density at radius 2 is 1.68 bits per heavy atom. The van der Waals surface area contributed by atoms with Crippen LogP contribution in [-0.4, -0.2) is 86.6 Å². The summed E-state index contributed by atoms with van der Waals surface area (Å²) in [4.78, 5) is 75.9. The average Bonchev–Trinajstić information content (AvgIpc) is 3.73. The van der Waals surface area contributed by atoms with Gasteiger partial charge in [-0.05, 0) is 119 Å². The summed E-state index contributed by atoms with van der Waals surface area (Å²) in [6.45, 7) is 7.13. The van der Waals surface area contributed by atoms with Crippen LogP contribution < -0.4 is 16.0 Å². The van der Waals surface area contributed by atoms with Crippen LogP contribution in [0.25, 0.3) is 10.2 Å². The summed E-state index contributed by atoms with van der Waals surface area (Å²) in [6.07, 6.45) is 3.03. The molecule has 17 heteroatoms. The van der Waals surface area contributed by atoms with E-state index >= 15 is 0 Å². The summed E-state index contributed by atoms with van der Waals surface area (Å²) in [6, 6.07) is 10.8. The van der Waals surface area contributed by atoms with Gasteiger partial charge in [0, 0.05) is 55.5 Å². The van der Waals surface area contributed by atoms with E-state index in [-0.39, 0.29) is 29.7 Å². The van der Waals surface area contributed by atoms with Crippen LogP contribution in [0.2, 0.25) is 0 Å². The average molecular weight is 872 g/mol. The lowest BCUT2D eigenvalue weighted by Crippen LogP contribution is -2.63. The first-order valence-corrected chi connectivity index (χ1v) is 22.1. The van der Waals surface area contributed by atoms with Gasteiger partial charge in [0.05, 0.1) is 32.0 Å². The number of anilines is 2. The zero-order valence-corrected chi connectivity index (χ0v) is 35.3. The maximum Gasteiger partial charge on any atom is 0.433 e. The minimum Gasteiger partial charge on any atom is -0.386 e. The van der Waals surface area contributed by atoms with Crippen molar-refractivity contribution < 1.29 is 42.3 Å². The highest BCUT2D eigenvalue weighted by atomic mass is 32.1. The summed E-state index contributed by atoms with van der Waals surface area (Å²) in [5.74, 6) is -1.36. The molecule has 4 aromatic rings. The summed E-state index contributed by atoms with van der Waals surface area (Å²) in [7, 11) is 0. The van der Waals surface area contributed by atoms with Crippen molar-refractivity contribution in [1.82, 2.24) is 25.1 Å². The molecule has 2 aromatic carbocycles. The van der Waals surface area contributed by atoms with Crippen LogP contribution in [0.4, 0.5) is 24.5 Å². The molecule has 5 amide bonds. The van der Waals surface area contributed by atoms with E-state index in [4.69, 9.17) is 4.98 Å². The third kappa shape index (κ3) is 8.10. The fourth-order valence-electron chi connectivity index (χ4n) is 10.4. The fraction of sp³-hybridized carbons (Fsp3) is 0.489. The number of amides is 5. The molecule has 5 aliphatic rings. The van der Waals surface area contributed by atoms with E-state index in [0.29, 0.717) is 52.2 Å². The van der Waals surface area contributed by atoms with Crippen LogP contribution in [0.15, 0.2) is 48.5 Å². The zero-order valence-electron chi connectivity index (χ0n) is 34.4. The van der Waals surface area contributed by atoms with Gasteiger partial charge in [-0.15, -0.1) is 11.3 Å². The van der Waals surface area contributed by atoms with Crippen molar-refractivity contribution in [3.05, 3.63) is 81.6 Å². The van der Waals surface area contributed by atoms with E-state index < -0.39 is 53.0 Å². The molecule has 326 valence electrons. The molecule has 13 nitrogen and oxygen atoms in total. The van der Waals surface area contributed by atoms with Crippen LogP contribution in [0.3, 0.4) is 0 Å². The van der Waals surface area contributed by atoms with Gasteiger partial charge < -0.3 is 20.6 Å². The zero-order chi connectivity index (χ0) is 43.7. The van der Waals surface area contributed by atoms with Crippen molar-refractivity contribution >= 4 is 62.5 Å². The maximum atomic E-state index is 13.4. The number of hydrogen-bond donors (Lipinski definition) is 4. The Bertz CT molecular complexity index is 2480. The number of fused-ring (bicyclic) bond motifs is 2. The van der Waals surface area contributed by atoms with Crippen molar-refractivity contribution in [3.63, 3.8) is 0 Å². The number of aliphatic hydroxyl groups is 1. The number of carbonyl (C=O) groups excluding carboxylic acids is 5. The molecule has 2 aromatic heterocycles. The van der Waals surface area contributed by atoms with E-state index in [1.165, 1.54) is 18.9 Å². The topological polar surface area (TPSA) is 174 Å². The number of nitrogens with zero attached hydrogens (tertiary/aromatic N) is 4. The molecule has 4 fully saturated rings. The molecular weight excluding hydrogens is 824 g/mol. The lowest BCUT2D eigenvalue weighted by Gasteiger charge is -2.60. The standard InChI is InChI=1S/C45H48F3N7O6S/c1-43(2,61)28-17-32-34(18-31(28)51-38(57)30-7-4-8-35(50-30)45(46,47)48)62-40(52-32)26-11-9-24(10-12-26)21-54-22-44(23-54)19-25(20-44)15-16-49-29-6-3-5-27-37(29)42(60)55(41(27)59)33-13-14-36(56)53-39(33)58/h3-8,17-18,24-26,33,49,61H,9-16,19-23H2,1-2H3,(H,51,57)(H,53,56,58)/t24-,26-,33-/m0/s1. The number of hydrogen-bond acceptors (Lipinski definition) is 11. The molecule has 0 radical (unpaired) electrons. The number of piperidine rings is 1. The van der Waals surface area contributed by atoms with Crippen molar-refractivity contribution in [1.29, 1.82) is 0 Å². The van der Waals surface area contributed by atoms with Gasteiger partial charge in [-0.2, -0.15) is 13.2 Å². The predicted octanol–water partition coefficient (Wildman–Crippen LogP) is 7.08. The monoisotopic (exact) mass is 871 g/mol. The SMILES string of the molecule is CC(C)(O)c1cc2nc([C@H]3CC[C@H](CN4CC5(CC(CCNc6cccc7c6C(=O)N([C@H]6CCC(=O)NC6=O)C7=O)C5)C4)CC3)sc2cc1NC(=O)c1cccc(C(F)(F)F)n1. The number of rotatable bonds is 11. The first-order valence-electron chi connectivity index (χ1n) is 21.3. The Balaban J connectivity index is 0.735. The minimum atomic E-state index is -4.69. The highest BCUT2D eigenvalue weighted by Crippen LogP contribution is 2.53. The van der Waals surface area contributed by atoms with Crippen molar-refractivity contribution in [2.75, 3.05) is 36.8 Å². The third-order valence-corrected chi connectivity index (χ3v) is 14.5. The van der Waals surface area contributed by atoms with E-state index in [2.05, 4.69) is 25.8 Å². The second kappa shape index (κ2) is 15.8. The number of alkyl halides is 3. The number of halogens is 3. The molecule has 0 unspecified atom stereocenters. The molecular formula is C45H48F3N7O6S. The molecule has 1 atom stereocenters. The molecule has 2 saturated carbocycles. The Morgan fingerprint density at radius 3 is 2.39 bits per heavy atom. The maximum absolute atomic E-state index is 13.4. The van der Waals surface area contributed by atoms with Crippen LogP contribution in [0.1, 0.15) is 125 Å². The van der Waals surface area contributed by atoms with Gasteiger partial charge in [-0.25, -0.2) is 9.97 Å². The number of pyridine rings is 1. The largest absolute Gasteiger partial charge is 0.433 e. The number of aromatic nitrogens is 2. The number of thiazole rings is 1. The van der Waals surface area contributed by atoms with E-state index in [0.717, 1.165) is 78.5 Å². The fourth-order valence-corrected chi connectivity index (χ4v) is 11.5. The van der Waals surface area contributed by atoms with Crippen LogP contribution >= 0.6 is 11.3 Å². The van der Waals surface area contributed by atoms with E-state index in [9.17, 15) is 42.3 Å². The highest BCUT2D eigenvalue weighted by molar-refractivity contribution is 7.18. The number of carbonyl (C=O) groups is 5. The second-order valence-electron chi connectivity index (χ2n) is 18.4. The molecule has 1 spiro atoms. The summed E-state index contributed by atoms with van der Waals surface area (Å²) >= 11 is 1.55. The Hall–Kier alpha value is -5.26. The van der Waals surface area contributed by atoms with Gasteiger partial charge in [0.15, 0.2) is 0 Å². The molecule has 62 heavy (non-hydrogen) atoms. The van der Waals surface area contributed by atoms with Crippen molar-refractivity contribution in [2.45, 2.75) is 95.4 Å². The first kappa shape index (κ1) is 42.1. The van der Waals surface area contributed by atoms with E-state index in [1.54, 1.807) is 55.5 Å². The van der Waals surface area contributed by atoms with Crippen LogP contribution in [-0.2, 0) is 21.4 Å². The van der Waals surface area contributed by atoms with Crippen molar-refractivity contribution in [2.24, 2.45) is 17.3 Å². The van der Waals surface area contributed by atoms with Gasteiger partial charge in [0.2, 0.25) is 11.8 Å². The smallest absolute Gasteiger partial charge is 0.386 e. The number of likely N-dealkylation sites (tertiary alicyclic amines) is 1. The number of imide groups is 2. The lowest BCUT2D eigenvalue weighted by molar-refractivity contribution is -0.141. The number of benzene rings is 2. The predicted molar refractivity (Wildman–Crippen MR) is 225 cm³/mol. The summed E-state index contributed by atoms with van der Waals surface area (Å²) in [5, 5.41) is 20.3. The quantitative estimate of drug-likeness (QED) is 0.114. The number of nitrogens with one attached hydrogen (secondary N) is 3. The van der Waals surface area contributed by atoms with Gasteiger partial charge in [0.25, 0.3) is 17.7 Å². The van der Waals surface area contributed by atoms with Gasteiger partial charge in [0.1, 0.15) is 17.4 Å². The van der Waals surface area contributed by atoms with E-state index in [1.807, 2.05) is 0 Å². The normalized spacial score (nSPS) is 23.0. The Morgan fingerprint density at radius 1 is 0.935 bits per heavy atom. The summed E-state index contributed by atoms with van der Waals surface area (Å²) < 4.78 is 40.6.